The highest BCUT2D eigenvalue weighted by molar-refractivity contribution is 5.72. The van der Waals surface area contributed by atoms with Crippen molar-refractivity contribution >= 4 is 11.2 Å². The van der Waals surface area contributed by atoms with Crippen LogP contribution in [0.3, 0.4) is 0 Å². The fourth-order valence-electron chi connectivity index (χ4n) is 2.74. The second-order valence-electron chi connectivity index (χ2n) is 6.07. The van der Waals surface area contributed by atoms with E-state index in [0.717, 1.165) is 17.0 Å². The summed E-state index contributed by atoms with van der Waals surface area (Å²) in [6.07, 6.45) is 0. The van der Waals surface area contributed by atoms with E-state index in [-0.39, 0.29) is 6.04 Å². The predicted octanol–water partition coefficient (Wildman–Crippen LogP) is 1.12. The Morgan fingerprint density at radius 2 is 1.78 bits per heavy atom. The third-order valence-corrected chi connectivity index (χ3v) is 4.29. The van der Waals surface area contributed by atoms with Crippen LogP contribution in [0.5, 0.6) is 0 Å². The van der Waals surface area contributed by atoms with Crippen LogP contribution in [0.25, 0.3) is 17.1 Å². The number of H-pyrrole nitrogens is 1. The number of hydrogen-bond donors (Lipinski definition) is 1. The molecular formula is C15H20N6O2. The highest BCUT2D eigenvalue weighted by Crippen LogP contribution is 2.22. The Bertz CT molecular complexity index is 1030. The van der Waals surface area contributed by atoms with Gasteiger partial charge in [0.15, 0.2) is 11.2 Å². The second-order valence-corrected chi connectivity index (χ2v) is 6.07. The van der Waals surface area contributed by atoms with Gasteiger partial charge in [0.2, 0.25) is 5.95 Å². The fourth-order valence-corrected chi connectivity index (χ4v) is 2.74. The van der Waals surface area contributed by atoms with Crippen LogP contribution in [0.4, 0.5) is 0 Å². The predicted molar refractivity (Wildman–Crippen MR) is 87.3 cm³/mol. The minimum absolute atomic E-state index is 0.0159. The van der Waals surface area contributed by atoms with Crippen LogP contribution in [0.1, 0.15) is 36.8 Å². The first-order chi connectivity index (χ1) is 10.7. The first kappa shape index (κ1) is 15.3. The lowest BCUT2D eigenvalue weighted by atomic mass is 10.2. The van der Waals surface area contributed by atoms with Crippen molar-refractivity contribution < 1.29 is 0 Å². The number of aryl methyl sites for hydroxylation is 2. The topological polar surface area (TPSA) is 90.5 Å². The van der Waals surface area contributed by atoms with E-state index in [0.29, 0.717) is 17.1 Å². The van der Waals surface area contributed by atoms with Crippen LogP contribution in [-0.4, -0.2) is 28.9 Å². The van der Waals surface area contributed by atoms with Crippen molar-refractivity contribution in [3.05, 3.63) is 37.8 Å². The first-order valence-corrected chi connectivity index (χ1v) is 7.48. The molecule has 0 aliphatic carbocycles. The molecule has 0 aromatic carbocycles. The molecule has 3 aromatic heterocycles. The summed E-state index contributed by atoms with van der Waals surface area (Å²) in [5.74, 6) is 0.537. The number of aromatic nitrogens is 6. The molecule has 0 aliphatic rings. The summed E-state index contributed by atoms with van der Waals surface area (Å²) in [4.78, 5) is 31.0. The van der Waals surface area contributed by atoms with Crippen LogP contribution < -0.4 is 11.2 Å². The van der Waals surface area contributed by atoms with Gasteiger partial charge in [-0.3, -0.25) is 18.9 Å². The molecule has 0 unspecified atom stereocenters. The summed E-state index contributed by atoms with van der Waals surface area (Å²) in [6.45, 7) is 9.83. The van der Waals surface area contributed by atoms with Gasteiger partial charge in [-0.05, 0) is 40.2 Å². The minimum atomic E-state index is -0.480. The summed E-state index contributed by atoms with van der Waals surface area (Å²) in [7, 11) is 1.59. The van der Waals surface area contributed by atoms with Crippen LogP contribution in [-0.2, 0) is 7.05 Å². The van der Waals surface area contributed by atoms with Crippen molar-refractivity contribution in [2.75, 3.05) is 0 Å². The second kappa shape index (κ2) is 4.94. The van der Waals surface area contributed by atoms with Crippen LogP contribution >= 0.6 is 0 Å². The van der Waals surface area contributed by atoms with E-state index in [2.05, 4.69) is 15.1 Å². The number of hydrogen-bond acceptors (Lipinski definition) is 4. The maximum Gasteiger partial charge on any atom is 0.329 e. The monoisotopic (exact) mass is 316 g/mol. The molecular weight excluding hydrogens is 296 g/mol. The third kappa shape index (κ3) is 2.05. The van der Waals surface area contributed by atoms with Gasteiger partial charge in [-0.15, -0.1) is 0 Å². The van der Waals surface area contributed by atoms with E-state index in [1.807, 2.05) is 39.2 Å². The molecule has 1 N–H and O–H groups in total. The molecule has 0 fully saturated rings. The molecule has 0 radical (unpaired) electrons. The van der Waals surface area contributed by atoms with Crippen LogP contribution in [0, 0.1) is 20.8 Å². The van der Waals surface area contributed by atoms with Gasteiger partial charge in [-0.1, -0.05) is 0 Å². The zero-order chi connectivity index (χ0) is 17.0. The molecule has 0 spiro atoms. The van der Waals surface area contributed by atoms with Crippen LogP contribution in [0.2, 0.25) is 0 Å². The molecule has 122 valence electrons. The Morgan fingerprint density at radius 1 is 1.13 bits per heavy atom. The van der Waals surface area contributed by atoms with Crippen LogP contribution in [0.15, 0.2) is 9.59 Å². The number of imidazole rings is 1. The van der Waals surface area contributed by atoms with E-state index in [1.165, 1.54) is 4.57 Å². The smallest absolute Gasteiger partial charge is 0.300 e. The molecule has 0 saturated heterocycles. The van der Waals surface area contributed by atoms with E-state index < -0.39 is 11.2 Å². The summed E-state index contributed by atoms with van der Waals surface area (Å²) in [5.41, 5.74) is 2.76. The number of rotatable bonds is 2. The molecule has 0 bridgehead atoms. The van der Waals surface area contributed by atoms with Gasteiger partial charge in [0.25, 0.3) is 5.56 Å². The maximum absolute atomic E-state index is 12.3. The van der Waals surface area contributed by atoms with Gasteiger partial charge < -0.3 is 0 Å². The van der Waals surface area contributed by atoms with E-state index in [9.17, 15) is 9.59 Å². The van der Waals surface area contributed by atoms with Crippen molar-refractivity contribution in [2.45, 2.75) is 40.7 Å². The maximum atomic E-state index is 12.3. The van der Waals surface area contributed by atoms with E-state index in [4.69, 9.17) is 0 Å². The number of nitrogens with one attached hydrogen (secondary N) is 1. The largest absolute Gasteiger partial charge is 0.329 e. The van der Waals surface area contributed by atoms with Gasteiger partial charge in [0.1, 0.15) is 0 Å². The average molecular weight is 316 g/mol. The Morgan fingerprint density at radius 3 is 2.30 bits per heavy atom. The lowest BCUT2D eigenvalue weighted by molar-refractivity contribution is 0.581. The Balaban J connectivity index is 2.51. The molecule has 3 aromatic rings. The van der Waals surface area contributed by atoms with E-state index >= 15 is 0 Å². The SMILES string of the molecule is Cc1nn(-c2nc3c(c(=O)[nH]c(=O)n3C)n2C(C)C)c(C)c1C. The quantitative estimate of drug-likeness (QED) is 0.767. The Kier molecular flexibility index (Phi) is 3.28. The van der Waals surface area contributed by atoms with E-state index in [1.54, 1.807) is 11.7 Å². The summed E-state index contributed by atoms with van der Waals surface area (Å²) < 4.78 is 4.89. The normalized spacial score (nSPS) is 11.8. The molecule has 3 heterocycles. The Hall–Kier alpha value is -2.64. The molecule has 0 atom stereocenters. The molecule has 0 saturated carbocycles. The number of aromatic amines is 1. The van der Waals surface area contributed by atoms with Gasteiger partial charge in [-0.2, -0.15) is 10.1 Å². The first-order valence-electron chi connectivity index (χ1n) is 7.48. The summed E-state index contributed by atoms with van der Waals surface area (Å²) in [5, 5.41) is 4.53. The van der Waals surface area contributed by atoms with Crippen molar-refractivity contribution in [2.24, 2.45) is 7.05 Å². The molecule has 0 aliphatic heterocycles. The molecule has 8 nitrogen and oxygen atoms in total. The zero-order valence-electron chi connectivity index (χ0n) is 14.1. The standard InChI is InChI=1S/C15H20N6O2/c1-7(2)20-11-12(19(6)15(23)17-13(11)22)16-14(20)21-10(5)8(3)9(4)18-21/h7H,1-6H3,(H,17,22,23). The van der Waals surface area contributed by atoms with Crippen molar-refractivity contribution in [3.8, 4) is 5.95 Å². The molecule has 8 heteroatoms. The van der Waals surface area contributed by atoms with Crippen molar-refractivity contribution in [3.63, 3.8) is 0 Å². The fraction of sp³-hybridized carbons (Fsp3) is 0.467. The zero-order valence-corrected chi connectivity index (χ0v) is 14.1. The Labute approximate surface area is 132 Å². The number of nitrogens with zero attached hydrogens (tertiary/aromatic N) is 5. The molecule has 3 rings (SSSR count). The average Bonchev–Trinajstić information content (AvgIpc) is 2.99. The highest BCUT2D eigenvalue weighted by Gasteiger charge is 2.22. The third-order valence-electron chi connectivity index (χ3n) is 4.29. The molecule has 0 amide bonds. The van der Waals surface area contributed by atoms with Crippen molar-refractivity contribution in [1.82, 2.24) is 28.9 Å². The van der Waals surface area contributed by atoms with Crippen molar-refractivity contribution in [1.29, 1.82) is 0 Å². The summed E-state index contributed by atoms with van der Waals surface area (Å²) in [6, 6.07) is -0.0159. The van der Waals surface area contributed by atoms with Gasteiger partial charge in [0, 0.05) is 18.8 Å². The lowest BCUT2D eigenvalue weighted by Crippen LogP contribution is -2.29. The minimum Gasteiger partial charge on any atom is -0.300 e. The van der Waals surface area contributed by atoms with Gasteiger partial charge in [-0.25, -0.2) is 9.48 Å². The molecule has 23 heavy (non-hydrogen) atoms. The number of fused-ring (bicyclic) bond motifs is 1. The summed E-state index contributed by atoms with van der Waals surface area (Å²) >= 11 is 0. The van der Waals surface area contributed by atoms with Gasteiger partial charge >= 0.3 is 5.69 Å². The lowest BCUT2D eigenvalue weighted by Gasteiger charge is -2.13. The highest BCUT2D eigenvalue weighted by atomic mass is 16.2. The van der Waals surface area contributed by atoms with Gasteiger partial charge in [0.05, 0.1) is 5.69 Å².